The van der Waals surface area contributed by atoms with Gasteiger partial charge in [0, 0.05) is 22.4 Å². The molecule has 0 spiro atoms. The van der Waals surface area contributed by atoms with Gasteiger partial charge in [0.15, 0.2) is 5.65 Å². The first-order valence-corrected chi connectivity index (χ1v) is 6.78. The van der Waals surface area contributed by atoms with Crippen molar-refractivity contribution >= 4 is 35.1 Å². The van der Waals surface area contributed by atoms with Crippen molar-refractivity contribution in [1.82, 2.24) is 9.36 Å². The van der Waals surface area contributed by atoms with Crippen LogP contribution in [0.15, 0.2) is 17.6 Å². The molecule has 18 heavy (non-hydrogen) atoms. The molecule has 2 aromatic heterocycles. The lowest BCUT2D eigenvalue weighted by molar-refractivity contribution is 0.00578. The van der Waals surface area contributed by atoms with Crippen LogP contribution >= 0.6 is 11.5 Å². The van der Waals surface area contributed by atoms with Crippen LogP contribution in [-0.2, 0) is 9.31 Å². The van der Waals surface area contributed by atoms with Crippen molar-refractivity contribution < 1.29 is 9.31 Å². The smallest absolute Gasteiger partial charge is 0.399 e. The van der Waals surface area contributed by atoms with Gasteiger partial charge in [-0.2, -0.15) is 4.37 Å². The molecule has 1 aliphatic rings. The lowest BCUT2D eigenvalue weighted by Gasteiger charge is -2.32. The average Bonchev–Trinajstić information content (AvgIpc) is 2.80. The topological polar surface area (TPSA) is 44.2 Å². The van der Waals surface area contributed by atoms with E-state index in [0.29, 0.717) is 0 Å². The number of fused-ring (bicyclic) bond motifs is 1. The van der Waals surface area contributed by atoms with Crippen molar-refractivity contribution in [1.29, 1.82) is 0 Å². The maximum absolute atomic E-state index is 6.00. The van der Waals surface area contributed by atoms with Crippen LogP contribution in [0.5, 0.6) is 0 Å². The highest BCUT2D eigenvalue weighted by Crippen LogP contribution is 2.36. The molecule has 0 N–H and O–H groups in total. The summed E-state index contributed by atoms with van der Waals surface area (Å²) >= 11 is 1.41. The summed E-state index contributed by atoms with van der Waals surface area (Å²) < 4.78 is 16.2. The molecule has 1 saturated heterocycles. The Hall–Kier alpha value is -0.975. The van der Waals surface area contributed by atoms with Gasteiger partial charge >= 0.3 is 7.12 Å². The molecule has 0 aromatic carbocycles. The van der Waals surface area contributed by atoms with E-state index in [9.17, 15) is 0 Å². The molecule has 3 heterocycles. The zero-order valence-corrected chi connectivity index (χ0v) is 11.7. The van der Waals surface area contributed by atoms with Gasteiger partial charge in [-0.25, -0.2) is 4.98 Å². The quantitative estimate of drug-likeness (QED) is 0.737. The number of hydrogen-bond donors (Lipinski definition) is 0. The van der Waals surface area contributed by atoms with Gasteiger partial charge in [-0.05, 0) is 45.3 Å². The van der Waals surface area contributed by atoms with E-state index in [2.05, 4.69) is 9.36 Å². The van der Waals surface area contributed by atoms with Gasteiger partial charge in [0.25, 0.3) is 0 Å². The van der Waals surface area contributed by atoms with E-state index in [1.165, 1.54) is 11.5 Å². The highest BCUT2D eigenvalue weighted by Gasteiger charge is 2.51. The Kier molecular flexibility index (Phi) is 2.52. The minimum atomic E-state index is -0.355. The first-order chi connectivity index (χ1) is 8.39. The average molecular weight is 262 g/mol. The molecular formula is C12H15BN2O2S. The zero-order chi connectivity index (χ0) is 13.0. The molecule has 6 heteroatoms. The van der Waals surface area contributed by atoms with Crippen LogP contribution in [0.25, 0.3) is 11.0 Å². The molecule has 0 bridgehead atoms. The Morgan fingerprint density at radius 2 is 1.83 bits per heavy atom. The maximum atomic E-state index is 6.00. The predicted molar refractivity (Wildman–Crippen MR) is 73.1 cm³/mol. The lowest BCUT2D eigenvalue weighted by atomic mass is 9.80. The second-order valence-electron chi connectivity index (χ2n) is 5.58. The molecule has 1 aliphatic heterocycles. The van der Waals surface area contributed by atoms with Gasteiger partial charge < -0.3 is 9.31 Å². The first-order valence-electron chi connectivity index (χ1n) is 5.95. The van der Waals surface area contributed by atoms with E-state index in [1.807, 2.05) is 39.1 Å². The summed E-state index contributed by atoms with van der Waals surface area (Å²) in [5.74, 6) is 0. The Bertz CT molecular complexity index is 581. The Morgan fingerprint density at radius 1 is 1.17 bits per heavy atom. The van der Waals surface area contributed by atoms with E-state index in [4.69, 9.17) is 9.31 Å². The lowest BCUT2D eigenvalue weighted by Crippen LogP contribution is -2.41. The summed E-state index contributed by atoms with van der Waals surface area (Å²) in [6.45, 7) is 8.19. The monoisotopic (exact) mass is 262 g/mol. The van der Waals surface area contributed by atoms with Crippen molar-refractivity contribution in [2.45, 2.75) is 38.9 Å². The fourth-order valence-electron chi connectivity index (χ4n) is 1.90. The number of aromatic nitrogens is 2. The Balaban J connectivity index is 1.96. The Labute approximate surface area is 111 Å². The van der Waals surface area contributed by atoms with Crippen LogP contribution in [0.4, 0.5) is 0 Å². The summed E-state index contributed by atoms with van der Waals surface area (Å²) in [7, 11) is -0.355. The van der Waals surface area contributed by atoms with Gasteiger partial charge in [-0.1, -0.05) is 0 Å². The van der Waals surface area contributed by atoms with Crippen molar-refractivity contribution in [3.63, 3.8) is 0 Å². The van der Waals surface area contributed by atoms with Crippen LogP contribution in [0.2, 0.25) is 0 Å². The van der Waals surface area contributed by atoms with E-state index in [0.717, 1.165) is 16.5 Å². The van der Waals surface area contributed by atoms with Gasteiger partial charge in [0.1, 0.15) is 0 Å². The molecule has 3 rings (SSSR count). The minimum Gasteiger partial charge on any atom is -0.399 e. The molecule has 2 aromatic rings. The number of hydrogen-bond acceptors (Lipinski definition) is 5. The highest BCUT2D eigenvalue weighted by molar-refractivity contribution is 7.04. The van der Waals surface area contributed by atoms with Crippen molar-refractivity contribution in [3.05, 3.63) is 17.6 Å². The molecule has 94 valence electrons. The molecule has 0 amide bonds. The van der Waals surface area contributed by atoms with E-state index >= 15 is 0 Å². The van der Waals surface area contributed by atoms with Crippen LogP contribution in [0, 0.1) is 0 Å². The number of nitrogens with zero attached hydrogens (tertiary/aromatic N) is 2. The Morgan fingerprint density at radius 3 is 2.50 bits per heavy atom. The summed E-state index contributed by atoms with van der Waals surface area (Å²) in [4.78, 5) is 4.32. The molecule has 4 nitrogen and oxygen atoms in total. The van der Waals surface area contributed by atoms with Crippen LogP contribution < -0.4 is 5.46 Å². The maximum Gasteiger partial charge on any atom is 0.496 e. The number of pyridine rings is 1. The van der Waals surface area contributed by atoms with Crippen molar-refractivity contribution in [2.24, 2.45) is 0 Å². The van der Waals surface area contributed by atoms with Crippen LogP contribution in [0.1, 0.15) is 27.7 Å². The van der Waals surface area contributed by atoms with Crippen molar-refractivity contribution in [3.8, 4) is 0 Å². The fraction of sp³-hybridized carbons (Fsp3) is 0.500. The molecular weight excluding hydrogens is 247 g/mol. The van der Waals surface area contributed by atoms with Gasteiger partial charge in [-0.3, -0.25) is 0 Å². The first kappa shape index (κ1) is 12.1. The molecule has 0 saturated carbocycles. The third-order valence-electron chi connectivity index (χ3n) is 3.76. The predicted octanol–water partition coefficient (Wildman–Crippen LogP) is 1.99. The van der Waals surface area contributed by atoms with Gasteiger partial charge in [0.2, 0.25) is 0 Å². The van der Waals surface area contributed by atoms with E-state index in [-0.39, 0.29) is 18.3 Å². The fourth-order valence-corrected chi connectivity index (χ4v) is 2.49. The molecule has 0 atom stereocenters. The second-order valence-corrected chi connectivity index (χ2v) is 6.21. The largest absolute Gasteiger partial charge is 0.496 e. The highest BCUT2D eigenvalue weighted by atomic mass is 32.1. The van der Waals surface area contributed by atoms with Crippen molar-refractivity contribution in [2.75, 3.05) is 0 Å². The summed E-state index contributed by atoms with van der Waals surface area (Å²) in [6, 6.07) is 2.04. The van der Waals surface area contributed by atoms with Crippen LogP contribution in [0.3, 0.4) is 0 Å². The molecule has 1 fully saturated rings. The number of rotatable bonds is 1. The molecule has 0 aliphatic carbocycles. The van der Waals surface area contributed by atoms with Crippen LogP contribution in [-0.4, -0.2) is 27.7 Å². The zero-order valence-electron chi connectivity index (χ0n) is 10.9. The normalized spacial score (nSPS) is 21.7. The van der Waals surface area contributed by atoms with Gasteiger partial charge in [-0.15, -0.1) is 0 Å². The summed E-state index contributed by atoms with van der Waals surface area (Å²) in [5.41, 5.74) is 1.08. The standard InChI is InChI=1S/C12H15BN2O2S/c1-11(2)12(3,4)17-13(16-11)9-5-8-7-18-15-10(8)14-6-9/h5-7H,1-4H3. The molecule has 0 unspecified atom stereocenters. The summed E-state index contributed by atoms with van der Waals surface area (Å²) in [6.07, 6.45) is 1.78. The van der Waals surface area contributed by atoms with Gasteiger partial charge in [0.05, 0.1) is 11.2 Å². The van der Waals surface area contributed by atoms with E-state index < -0.39 is 0 Å². The second kappa shape index (κ2) is 3.76. The molecule has 0 radical (unpaired) electrons. The SMILES string of the molecule is CC1(C)OB(c2cnc3nscc3c2)OC1(C)C. The summed E-state index contributed by atoms with van der Waals surface area (Å²) in [5, 5.41) is 3.02. The third-order valence-corrected chi connectivity index (χ3v) is 4.40. The van der Waals surface area contributed by atoms with E-state index in [1.54, 1.807) is 6.20 Å². The minimum absolute atomic E-state index is 0.320. The third kappa shape index (κ3) is 1.76.